The van der Waals surface area contributed by atoms with Gasteiger partial charge in [0.05, 0.1) is 18.8 Å². The maximum absolute atomic E-state index is 13.9. The Hall–Kier alpha value is -3.88. The number of ether oxygens (including phenoxy) is 1. The number of benzene rings is 2. The Balaban J connectivity index is 1.62. The summed E-state index contributed by atoms with van der Waals surface area (Å²) in [6, 6.07) is 12.0. The molecule has 0 saturated heterocycles. The topological polar surface area (TPSA) is 184 Å². The molecule has 0 radical (unpaired) electrons. The summed E-state index contributed by atoms with van der Waals surface area (Å²) in [6.07, 6.45) is -2.80. The molecule has 0 fully saturated rings. The summed E-state index contributed by atoms with van der Waals surface area (Å²) in [5.41, 5.74) is 0.597. The average molecular weight is 584 g/mol. The number of aliphatic hydroxyl groups is 1. The van der Waals surface area contributed by atoms with E-state index < -0.39 is 56.9 Å². The quantitative estimate of drug-likeness (QED) is 0.198. The zero-order chi connectivity index (χ0) is 29.3. The normalized spacial score (nSPS) is 12.8. The fourth-order valence-electron chi connectivity index (χ4n) is 3.43. The van der Waals surface area contributed by atoms with Crippen molar-refractivity contribution in [2.75, 3.05) is 25.6 Å². The number of aromatic nitrogens is 1. The first-order chi connectivity index (χ1) is 18.9. The molecule has 5 N–H and O–H groups in total. The molecule has 3 amide bonds. The number of hydrogen-bond donors (Lipinski definition) is 5. The van der Waals surface area contributed by atoms with E-state index in [9.17, 15) is 28.0 Å². The maximum Gasteiger partial charge on any atom is 0.469 e. The van der Waals surface area contributed by atoms with Crippen LogP contribution in [0.3, 0.4) is 0 Å². The highest BCUT2D eigenvalue weighted by Crippen LogP contribution is 2.36. The molecular formula is C24H27F2N4O9P. The van der Waals surface area contributed by atoms with Crippen molar-refractivity contribution in [1.29, 1.82) is 0 Å². The first-order valence-corrected chi connectivity index (χ1v) is 13.2. The summed E-state index contributed by atoms with van der Waals surface area (Å²) in [6.45, 7) is -1.64. The Bertz CT molecular complexity index is 1340. The molecule has 0 bridgehead atoms. The number of likely N-dealkylation sites (N-methyl/N-ethyl adjacent to an activating group) is 1. The van der Waals surface area contributed by atoms with E-state index in [1.54, 1.807) is 24.3 Å². The van der Waals surface area contributed by atoms with E-state index in [1.807, 2.05) is 6.07 Å². The minimum absolute atomic E-state index is 0.0405. The van der Waals surface area contributed by atoms with Crippen molar-refractivity contribution in [2.45, 2.75) is 25.1 Å². The minimum Gasteiger partial charge on any atom is -0.447 e. The first kappa shape index (κ1) is 30.7. The van der Waals surface area contributed by atoms with Crippen LogP contribution in [0.1, 0.15) is 12.0 Å². The van der Waals surface area contributed by atoms with Crippen LogP contribution in [0.25, 0.3) is 11.3 Å². The van der Waals surface area contributed by atoms with Crippen molar-refractivity contribution in [3.05, 3.63) is 71.8 Å². The van der Waals surface area contributed by atoms with E-state index in [-0.39, 0.29) is 24.3 Å². The number of nitrogens with zero attached hydrogens (tertiary/aromatic N) is 2. The number of anilines is 1. The van der Waals surface area contributed by atoms with Crippen molar-refractivity contribution in [3.63, 3.8) is 0 Å². The van der Waals surface area contributed by atoms with Gasteiger partial charge in [0.25, 0.3) is 0 Å². The number of phosphoric ester groups is 1. The molecule has 2 aromatic carbocycles. The fraction of sp³-hybridized carbons (Fsp3) is 0.292. The van der Waals surface area contributed by atoms with Gasteiger partial charge in [0, 0.05) is 30.8 Å². The summed E-state index contributed by atoms with van der Waals surface area (Å²) in [5, 5.41) is 18.7. The molecule has 3 rings (SSSR count). The molecule has 0 aliphatic heterocycles. The van der Waals surface area contributed by atoms with Gasteiger partial charge in [-0.3, -0.25) is 9.84 Å². The van der Waals surface area contributed by atoms with Gasteiger partial charge < -0.3 is 34.4 Å². The minimum atomic E-state index is -4.88. The van der Waals surface area contributed by atoms with Crippen LogP contribution in [0.2, 0.25) is 0 Å². The molecule has 2 atom stereocenters. The predicted molar refractivity (Wildman–Crippen MR) is 136 cm³/mol. The molecule has 1 heterocycles. The highest BCUT2D eigenvalue weighted by molar-refractivity contribution is 7.46. The van der Waals surface area contributed by atoms with Gasteiger partial charge in [0.2, 0.25) is 0 Å². The van der Waals surface area contributed by atoms with Crippen molar-refractivity contribution in [2.24, 2.45) is 0 Å². The molecule has 16 heteroatoms. The Morgan fingerprint density at radius 2 is 1.85 bits per heavy atom. The number of aliphatic hydroxyl groups excluding tert-OH is 1. The van der Waals surface area contributed by atoms with Crippen LogP contribution in [0, 0.1) is 11.6 Å². The van der Waals surface area contributed by atoms with Crippen LogP contribution in [-0.4, -0.2) is 69.5 Å². The van der Waals surface area contributed by atoms with Gasteiger partial charge in [-0.15, -0.1) is 0 Å². The van der Waals surface area contributed by atoms with Gasteiger partial charge in [-0.1, -0.05) is 47.6 Å². The Kier molecular flexibility index (Phi) is 10.7. The zero-order valence-electron chi connectivity index (χ0n) is 21.1. The Labute approximate surface area is 226 Å². The van der Waals surface area contributed by atoms with Crippen LogP contribution >= 0.6 is 7.82 Å². The largest absolute Gasteiger partial charge is 0.469 e. The van der Waals surface area contributed by atoms with Crippen LogP contribution in [0.5, 0.6) is 0 Å². The lowest BCUT2D eigenvalue weighted by Crippen LogP contribution is -2.47. The van der Waals surface area contributed by atoms with Crippen LogP contribution in [-0.2, 0) is 20.4 Å². The van der Waals surface area contributed by atoms with E-state index in [0.29, 0.717) is 11.3 Å². The molecule has 0 aliphatic rings. The summed E-state index contributed by atoms with van der Waals surface area (Å²) in [5.74, 6) is -1.80. The van der Waals surface area contributed by atoms with Gasteiger partial charge in [-0.25, -0.2) is 22.9 Å². The number of carbonyl (C=O) groups excluding carboxylic acids is 2. The van der Waals surface area contributed by atoms with Gasteiger partial charge in [-0.05, 0) is 12.5 Å². The second kappa shape index (κ2) is 14.0. The third-order valence-electron chi connectivity index (χ3n) is 5.51. The van der Waals surface area contributed by atoms with Crippen LogP contribution < -0.4 is 10.6 Å². The SMILES string of the molecule is CN(C(=O)NCc1cccc(F)c1F)[C@H](COC(=O)Nc1cc(-c2ccccc2)on1)C[C@@H](O)COP(=O)(O)O. The van der Waals surface area contributed by atoms with Crippen molar-refractivity contribution < 1.29 is 51.6 Å². The molecule has 13 nitrogen and oxygen atoms in total. The number of carbonyl (C=O) groups is 2. The van der Waals surface area contributed by atoms with Crippen molar-refractivity contribution in [1.82, 2.24) is 15.4 Å². The van der Waals surface area contributed by atoms with E-state index in [0.717, 1.165) is 11.0 Å². The average Bonchev–Trinajstić information content (AvgIpc) is 3.38. The molecule has 216 valence electrons. The third-order valence-corrected chi connectivity index (χ3v) is 6.00. The van der Waals surface area contributed by atoms with Crippen LogP contribution in [0.15, 0.2) is 59.1 Å². The number of rotatable bonds is 12. The summed E-state index contributed by atoms with van der Waals surface area (Å²) in [4.78, 5) is 43.8. The second-order valence-corrected chi connectivity index (χ2v) is 9.72. The molecule has 0 aliphatic carbocycles. The molecule has 0 saturated carbocycles. The van der Waals surface area contributed by atoms with Crippen LogP contribution in [0.4, 0.5) is 24.2 Å². The molecular weight excluding hydrogens is 557 g/mol. The molecule has 0 spiro atoms. The number of amides is 3. The summed E-state index contributed by atoms with van der Waals surface area (Å²) < 4.78 is 53.0. The Morgan fingerprint density at radius 1 is 1.12 bits per heavy atom. The van der Waals surface area contributed by atoms with Crippen molar-refractivity contribution in [3.8, 4) is 11.3 Å². The van der Waals surface area contributed by atoms with E-state index in [1.165, 1.54) is 25.2 Å². The molecule has 40 heavy (non-hydrogen) atoms. The molecule has 1 aromatic heterocycles. The lowest BCUT2D eigenvalue weighted by atomic mass is 10.1. The van der Waals surface area contributed by atoms with E-state index in [4.69, 9.17) is 19.0 Å². The van der Waals surface area contributed by atoms with Gasteiger partial charge in [0.1, 0.15) is 6.61 Å². The monoisotopic (exact) mass is 584 g/mol. The second-order valence-electron chi connectivity index (χ2n) is 8.48. The number of hydrogen-bond acceptors (Lipinski definition) is 8. The number of urea groups is 1. The number of phosphoric acid groups is 1. The number of halogens is 2. The molecule has 0 unspecified atom stereocenters. The third kappa shape index (κ3) is 9.39. The first-order valence-electron chi connectivity index (χ1n) is 11.7. The maximum atomic E-state index is 13.9. The predicted octanol–water partition coefficient (Wildman–Crippen LogP) is 3.24. The standard InChI is InChI=1S/C24H27F2N4O9P/c1-30(23(32)27-12-16-8-5-9-19(25)22(16)26)17(10-18(31)14-38-40(34,35)36)13-37-24(33)28-21-11-20(39-29-21)15-6-3-2-4-7-15/h2-9,11,17-18,31H,10,12-14H2,1H3,(H,27,32)(H,28,29,33)(H2,34,35,36)/t17-,18+/m0/s1. The lowest BCUT2D eigenvalue weighted by molar-refractivity contribution is 0.0452. The fourth-order valence-corrected chi connectivity index (χ4v) is 3.80. The molecule has 3 aromatic rings. The smallest absolute Gasteiger partial charge is 0.447 e. The summed E-state index contributed by atoms with van der Waals surface area (Å²) in [7, 11) is -3.60. The zero-order valence-corrected chi connectivity index (χ0v) is 22.0. The van der Waals surface area contributed by atoms with Gasteiger partial charge >= 0.3 is 19.9 Å². The van der Waals surface area contributed by atoms with Gasteiger partial charge in [-0.2, -0.15) is 0 Å². The van der Waals surface area contributed by atoms with Gasteiger partial charge in [0.15, 0.2) is 23.2 Å². The van der Waals surface area contributed by atoms with E-state index >= 15 is 0 Å². The number of nitrogens with one attached hydrogen (secondary N) is 2. The lowest BCUT2D eigenvalue weighted by Gasteiger charge is -2.29. The van der Waals surface area contributed by atoms with E-state index in [2.05, 4.69) is 20.3 Å². The summed E-state index contributed by atoms with van der Waals surface area (Å²) >= 11 is 0. The van der Waals surface area contributed by atoms with Crippen molar-refractivity contribution >= 4 is 25.8 Å². The Morgan fingerprint density at radius 3 is 2.55 bits per heavy atom. The highest BCUT2D eigenvalue weighted by Gasteiger charge is 2.27. The highest BCUT2D eigenvalue weighted by atomic mass is 31.2.